The molecule has 2 heterocycles. The Morgan fingerprint density at radius 2 is 1.65 bits per heavy atom. The van der Waals surface area contributed by atoms with Crippen LogP contribution in [-0.2, 0) is 32.7 Å². The van der Waals surface area contributed by atoms with E-state index in [2.05, 4.69) is 20.5 Å². The van der Waals surface area contributed by atoms with Gasteiger partial charge >= 0.3 is 12.4 Å². The molecule has 0 radical (unpaired) electrons. The second kappa shape index (κ2) is 12.9. The molecular weight excluding hydrogens is 638 g/mol. The summed E-state index contributed by atoms with van der Waals surface area (Å²) < 4.78 is 107. The zero-order valence-corrected chi connectivity index (χ0v) is 26.1. The monoisotopic (exact) mass is 670 g/mol. The summed E-state index contributed by atoms with van der Waals surface area (Å²) in [6, 6.07) is 4.28. The molecule has 46 heavy (non-hydrogen) atoms. The van der Waals surface area contributed by atoms with Crippen molar-refractivity contribution in [3.05, 3.63) is 81.2 Å². The second-order valence-electron chi connectivity index (χ2n) is 10.8. The van der Waals surface area contributed by atoms with Gasteiger partial charge in [0, 0.05) is 35.7 Å². The van der Waals surface area contributed by atoms with Crippen LogP contribution in [0.4, 0.5) is 32.0 Å². The van der Waals surface area contributed by atoms with E-state index in [1.807, 2.05) is 13.8 Å². The number of fused-ring (bicyclic) bond motifs is 1. The zero-order valence-electron chi connectivity index (χ0n) is 25.3. The number of carbonyl (C=O) groups is 2. The molecule has 0 saturated carbocycles. The highest BCUT2D eigenvalue weighted by Crippen LogP contribution is 2.40. The quantitative estimate of drug-likeness (QED) is 0.176. The minimum Gasteiger partial charge on any atom is -0.358 e. The summed E-state index contributed by atoms with van der Waals surface area (Å²) in [5.41, 5.74) is -1.82. The van der Waals surface area contributed by atoms with Crippen LogP contribution in [-0.4, -0.2) is 56.3 Å². The first-order valence-electron chi connectivity index (χ1n) is 14.2. The maximum atomic E-state index is 13.7. The first-order chi connectivity index (χ1) is 21.4. The lowest BCUT2D eigenvalue weighted by atomic mass is 10.0. The van der Waals surface area contributed by atoms with E-state index < -0.39 is 55.4 Å². The molecule has 2 aromatic carbocycles. The van der Waals surface area contributed by atoms with Gasteiger partial charge in [-0.05, 0) is 74.5 Å². The summed E-state index contributed by atoms with van der Waals surface area (Å²) in [6.45, 7) is 10.2. The summed E-state index contributed by atoms with van der Waals surface area (Å²) in [7, 11) is -4.53. The van der Waals surface area contributed by atoms with Crippen LogP contribution in [0.1, 0.15) is 63.4 Å². The number of hydrogen-bond acceptors (Lipinski definition) is 5. The van der Waals surface area contributed by atoms with Crippen molar-refractivity contribution in [3.8, 4) is 0 Å². The number of rotatable bonds is 10. The molecule has 0 aliphatic carbocycles. The Labute approximate surface area is 261 Å². The molecule has 2 amide bonds. The van der Waals surface area contributed by atoms with E-state index >= 15 is 0 Å². The topological polar surface area (TPSA) is 111 Å². The van der Waals surface area contributed by atoms with Gasteiger partial charge in [-0.3, -0.25) is 9.59 Å². The SMILES string of the molecule is CCN(CC)CCNC(=O)c1c(C)[nH]c(C=C2C(=O)Nc3ccc(S(=O)(=O)Cc4ccc(C(F)(F)F)cc4C(F)(F)F)cc32)c1C. The molecule has 1 aliphatic rings. The van der Waals surface area contributed by atoms with Gasteiger partial charge in [-0.25, -0.2) is 8.42 Å². The number of halogens is 6. The highest BCUT2D eigenvalue weighted by molar-refractivity contribution is 7.90. The lowest BCUT2D eigenvalue weighted by molar-refractivity contribution is -0.143. The number of H-pyrrole nitrogens is 1. The van der Waals surface area contributed by atoms with E-state index in [9.17, 15) is 44.3 Å². The molecule has 0 saturated heterocycles. The molecule has 8 nitrogen and oxygen atoms in total. The molecule has 3 N–H and O–H groups in total. The van der Waals surface area contributed by atoms with Crippen molar-refractivity contribution in [2.24, 2.45) is 0 Å². The van der Waals surface area contributed by atoms with Crippen molar-refractivity contribution < 1.29 is 44.3 Å². The van der Waals surface area contributed by atoms with Crippen molar-refractivity contribution in [1.82, 2.24) is 15.2 Å². The van der Waals surface area contributed by atoms with Gasteiger partial charge < -0.3 is 20.5 Å². The number of sulfone groups is 1. The lowest BCUT2D eigenvalue weighted by Crippen LogP contribution is -2.35. The fourth-order valence-electron chi connectivity index (χ4n) is 5.29. The van der Waals surface area contributed by atoms with E-state index in [4.69, 9.17) is 0 Å². The summed E-state index contributed by atoms with van der Waals surface area (Å²) in [5.74, 6) is -2.13. The van der Waals surface area contributed by atoms with Crippen molar-refractivity contribution in [3.63, 3.8) is 0 Å². The van der Waals surface area contributed by atoms with Gasteiger partial charge in [0.15, 0.2) is 9.84 Å². The summed E-state index contributed by atoms with van der Waals surface area (Å²) in [4.78, 5) is 30.7. The molecule has 3 aromatic rings. The van der Waals surface area contributed by atoms with Crippen LogP contribution in [0.2, 0.25) is 0 Å². The van der Waals surface area contributed by atoms with Crippen molar-refractivity contribution in [1.29, 1.82) is 0 Å². The Bertz CT molecular complexity index is 1810. The number of likely N-dealkylation sites (N-methyl/N-ethyl adjacent to an activating group) is 1. The first kappa shape index (κ1) is 34.8. The molecule has 0 fully saturated rings. The average molecular weight is 671 g/mol. The summed E-state index contributed by atoms with van der Waals surface area (Å²) in [6.07, 6.45) is -8.86. The van der Waals surface area contributed by atoms with Crippen LogP contribution >= 0.6 is 0 Å². The van der Waals surface area contributed by atoms with Crippen LogP contribution in [0.5, 0.6) is 0 Å². The fraction of sp³-hybridized carbons (Fsp3) is 0.355. The van der Waals surface area contributed by atoms with Crippen molar-refractivity contribution in [2.45, 2.75) is 50.7 Å². The number of amides is 2. The van der Waals surface area contributed by atoms with E-state index in [1.54, 1.807) is 13.8 Å². The van der Waals surface area contributed by atoms with Crippen LogP contribution in [0.15, 0.2) is 41.3 Å². The van der Waals surface area contributed by atoms with E-state index in [1.165, 1.54) is 12.1 Å². The third kappa shape index (κ3) is 7.30. The Balaban J connectivity index is 1.65. The Hall–Kier alpha value is -4.11. The summed E-state index contributed by atoms with van der Waals surface area (Å²) in [5, 5.41) is 5.49. The predicted octanol–water partition coefficient (Wildman–Crippen LogP) is 6.21. The largest absolute Gasteiger partial charge is 0.416 e. The highest BCUT2D eigenvalue weighted by Gasteiger charge is 2.39. The minimum absolute atomic E-state index is 0.0374. The minimum atomic E-state index is -5.25. The second-order valence-corrected chi connectivity index (χ2v) is 12.8. The van der Waals surface area contributed by atoms with E-state index in [-0.39, 0.29) is 28.8 Å². The van der Waals surface area contributed by atoms with Gasteiger partial charge in [-0.1, -0.05) is 19.9 Å². The third-order valence-corrected chi connectivity index (χ3v) is 9.48. The number of alkyl halides is 6. The smallest absolute Gasteiger partial charge is 0.358 e. The number of nitrogens with one attached hydrogen (secondary N) is 3. The summed E-state index contributed by atoms with van der Waals surface area (Å²) >= 11 is 0. The standard InChI is InChI=1S/C31H32F6N4O4S/c1-5-41(6-2)12-11-38-29(43)27-17(3)26(39-18(27)4)15-23-22-14-21(9-10-25(22)40-28(23)42)46(44,45)16-19-7-8-20(30(32,33)34)13-24(19)31(35,36)37/h7-10,13-15,39H,5-6,11-12,16H2,1-4H3,(H,38,43)(H,40,42). The third-order valence-electron chi connectivity index (χ3n) is 7.82. The van der Waals surface area contributed by atoms with Crippen LogP contribution in [0, 0.1) is 13.8 Å². The van der Waals surface area contributed by atoms with Crippen LogP contribution < -0.4 is 10.6 Å². The number of nitrogens with zero attached hydrogens (tertiary/aromatic N) is 1. The van der Waals surface area contributed by atoms with Crippen LogP contribution in [0.3, 0.4) is 0 Å². The number of carbonyl (C=O) groups excluding carboxylic acids is 2. The van der Waals surface area contributed by atoms with Gasteiger partial charge in [-0.15, -0.1) is 0 Å². The number of benzene rings is 2. The number of anilines is 1. The fourth-order valence-corrected chi connectivity index (χ4v) is 6.69. The van der Waals surface area contributed by atoms with Gasteiger partial charge in [0.1, 0.15) is 0 Å². The Morgan fingerprint density at radius 1 is 0.978 bits per heavy atom. The molecule has 1 aliphatic heterocycles. The van der Waals surface area contributed by atoms with E-state index in [0.717, 1.165) is 25.2 Å². The van der Waals surface area contributed by atoms with Gasteiger partial charge in [0.05, 0.1) is 32.9 Å². The number of aryl methyl sites for hydroxylation is 1. The Kier molecular flexibility index (Phi) is 9.78. The predicted molar refractivity (Wildman–Crippen MR) is 161 cm³/mol. The maximum absolute atomic E-state index is 13.7. The lowest BCUT2D eigenvalue weighted by Gasteiger charge is -2.18. The number of aromatic nitrogens is 1. The maximum Gasteiger partial charge on any atom is 0.416 e. The Morgan fingerprint density at radius 3 is 2.26 bits per heavy atom. The van der Waals surface area contributed by atoms with Gasteiger partial charge in [-0.2, -0.15) is 26.3 Å². The average Bonchev–Trinajstić information content (AvgIpc) is 3.43. The van der Waals surface area contributed by atoms with Gasteiger partial charge in [0.25, 0.3) is 11.8 Å². The molecule has 0 bridgehead atoms. The molecular formula is C31H32F6N4O4S. The zero-order chi connectivity index (χ0) is 34.2. The molecule has 0 unspecified atom stereocenters. The molecule has 248 valence electrons. The highest BCUT2D eigenvalue weighted by atomic mass is 32.2. The molecule has 15 heteroatoms. The normalized spacial score (nSPS) is 14.6. The number of hydrogen-bond donors (Lipinski definition) is 3. The van der Waals surface area contributed by atoms with Crippen LogP contribution in [0.25, 0.3) is 11.6 Å². The van der Waals surface area contributed by atoms with Crippen molar-refractivity contribution in [2.75, 3.05) is 31.5 Å². The molecule has 0 atom stereocenters. The molecule has 4 rings (SSSR count). The first-order valence-corrected chi connectivity index (χ1v) is 15.9. The van der Waals surface area contributed by atoms with Crippen molar-refractivity contribution >= 4 is 39.0 Å². The molecule has 1 aromatic heterocycles. The number of aromatic amines is 1. The van der Waals surface area contributed by atoms with Gasteiger partial charge in [0.2, 0.25) is 0 Å². The molecule has 0 spiro atoms. The van der Waals surface area contributed by atoms with E-state index in [0.29, 0.717) is 47.7 Å².